The molecule has 0 saturated carbocycles. The molecule has 4 aromatic carbocycles. The van der Waals surface area contributed by atoms with Crippen LogP contribution in [0.4, 0.5) is 10.3 Å². The summed E-state index contributed by atoms with van der Waals surface area (Å²) in [6.45, 7) is 14.1. The van der Waals surface area contributed by atoms with Crippen molar-refractivity contribution in [2.24, 2.45) is 0 Å². The first kappa shape index (κ1) is 36.2. The van der Waals surface area contributed by atoms with E-state index in [0.29, 0.717) is 21.8 Å². The summed E-state index contributed by atoms with van der Waals surface area (Å²) < 4.78 is 25.5. The number of hydrogen-bond donors (Lipinski definition) is 2. The number of hydrogen-bond acceptors (Lipinski definition) is 10. The van der Waals surface area contributed by atoms with Crippen molar-refractivity contribution in [3.05, 3.63) is 94.5 Å². The maximum Gasteiger partial charge on any atom is 0.264 e. The summed E-state index contributed by atoms with van der Waals surface area (Å²) in [5.41, 5.74) is 6.95. The SMILES string of the molecule is Cc1cc(C)c2nc(NC(=O)COc3cccc4c3OC(C)(C)C4)sc2c1.Cc1cccc2sc(NC(=O)COc3cccc4c3OC(C)(C)C4)nc12.[HH].[HH]. The number of aryl methyl sites for hydroxylation is 3. The molecule has 12 heteroatoms. The number of benzene rings is 4. The average molecular weight is 755 g/mol. The molecule has 0 atom stereocenters. The van der Waals surface area contributed by atoms with E-state index >= 15 is 0 Å². The number of nitrogens with one attached hydrogen (secondary N) is 2. The summed E-state index contributed by atoms with van der Waals surface area (Å²) >= 11 is 2.93. The third-order valence-corrected chi connectivity index (χ3v) is 10.6. The van der Waals surface area contributed by atoms with Gasteiger partial charge in [0, 0.05) is 26.8 Å². The van der Waals surface area contributed by atoms with Crippen LogP contribution in [0, 0.1) is 20.8 Å². The lowest BCUT2D eigenvalue weighted by atomic mass is 10.0. The second-order valence-corrected chi connectivity index (χ2v) is 16.7. The molecule has 2 aliphatic rings. The Bertz CT molecular complexity index is 2370. The van der Waals surface area contributed by atoms with Gasteiger partial charge in [-0.3, -0.25) is 20.2 Å². The highest BCUT2D eigenvalue weighted by Gasteiger charge is 2.33. The van der Waals surface area contributed by atoms with E-state index in [-0.39, 0.29) is 39.1 Å². The summed E-state index contributed by atoms with van der Waals surface area (Å²) in [4.78, 5) is 33.6. The Morgan fingerprint density at radius 1 is 0.698 bits per heavy atom. The Balaban J connectivity index is 0.000000204. The molecule has 10 nitrogen and oxygen atoms in total. The Morgan fingerprint density at radius 2 is 1.19 bits per heavy atom. The molecule has 2 N–H and O–H groups in total. The molecule has 0 radical (unpaired) electrons. The molecule has 2 aromatic heterocycles. The van der Waals surface area contributed by atoms with Crippen LogP contribution in [0.1, 0.15) is 58.4 Å². The van der Waals surface area contributed by atoms with Crippen LogP contribution >= 0.6 is 22.7 Å². The second-order valence-electron chi connectivity index (χ2n) is 14.6. The van der Waals surface area contributed by atoms with Gasteiger partial charge in [0.1, 0.15) is 11.2 Å². The van der Waals surface area contributed by atoms with Crippen molar-refractivity contribution in [1.82, 2.24) is 9.97 Å². The van der Waals surface area contributed by atoms with Crippen molar-refractivity contribution < 1.29 is 31.4 Å². The van der Waals surface area contributed by atoms with Gasteiger partial charge in [0.25, 0.3) is 11.8 Å². The zero-order valence-corrected chi connectivity index (χ0v) is 32.5. The van der Waals surface area contributed by atoms with E-state index in [1.54, 1.807) is 0 Å². The third-order valence-electron chi connectivity index (χ3n) is 8.77. The molecule has 2 amide bonds. The van der Waals surface area contributed by atoms with Crippen molar-refractivity contribution >= 4 is 65.2 Å². The van der Waals surface area contributed by atoms with Gasteiger partial charge >= 0.3 is 0 Å². The first-order valence-electron chi connectivity index (χ1n) is 17.4. The smallest absolute Gasteiger partial charge is 0.264 e. The first-order chi connectivity index (χ1) is 25.2. The number of carbonyl (C=O) groups excluding carboxylic acids is 2. The minimum absolute atomic E-state index is 0. The lowest BCUT2D eigenvalue weighted by molar-refractivity contribution is -0.118. The number of amides is 2. The van der Waals surface area contributed by atoms with Crippen molar-refractivity contribution in [3.63, 3.8) is 0 Å². The summed E-state index contributed by atoms with van der Waals surface area (Å²) in [6.07, 6.45) is 1.66. The summed E-state index contributed by atoms with van der Waals surface area (Å²) in [7, 11) is 0. The molecule has 53 heavy (non-hydrogen) atoms. The van der Waals surface area contributed by atoms with Gasteiger partial charge in [-0.15, -0.1) is 0 Å². The van der Waals surface area contributed by atoms with Gasteiger partial charge < -0.3 is 18.9 Å². The van der Waals surface area contributed by atoms with Gasteiger partial charge in [-0.2, -0.15) is 0 Å². The fourth-order valence-electron chi connectivity index (χ4n) is 6.56. The number of para-hydroxylation sites is 3. The number of rotatable bonds is 8. The molecule has 2 aliphatic heterocycles. The predicted octanol–water partition coefficient (Wildman–Crippen LogP) is 9.47. The van der Waals surface area contributed by atoms with Gasteiger partial charge in [-0.05, 0) is 89.4 Å². The van der Waals surface area contributed by atoms with Crippen molar-refractivity contribution in [1.29, 1.82) is 0 Å². The predicted molar refractivity (Wildman–Crippen MR) is 216 cm³/mol. The van der Waals surface area contributed by atoms with Crippen LogP contribution in [-0.4, -0.2) is 46.2 Å². The van der Waals surface area contributed by atoms with Crippen LogP contribution in [0.15, 0.2) is 66.7 Å². The fourth-order valence-corrected chi connectivity index (χ4v) is 8.58. The maximum atomic E-state index is 12.3. The van der Waals surface area contributed by atoms with Crippen molar-refractivity contribution in [3.8, 4) is 23.0 Å². The Hall–Kier alpha value is -5.20. The number of aromatic nitrogens is 2. The molecule has 0 aliphatic carbocycles. The van der Waals surface area contributed by atoms with E-state index in [0.717, 1.165) is 67.0 Å². The molecule has 4 heterocycles. The molecule has 0 fully saturated rings. The zero-order chi connectivity index (χ0) is 37.5. The first-order valence-corrected chi connectivity index (χ1v) is 19.1. The zero-order valence-electron chi connectivity index (χ0n) is 30.8. The van der Waals surface area contributed by atoms with Crippen LogP contribution in [-0.2, 0) is 22.4 Å². The lowest BCUT2D eigenvalue weighted by Crippen LogP contribution is -2.25. The molecule has 0 bridgehead atoms. The highest BCUT2D eigenvalue weighted by molar-refractivity contribution is 7.22. The molecule has 0 spiro atoms. The van der Waals surface area contributed by atoms with Crippen molar-refractivity contribution in [2.45, 2.75) is 72.5 Å². The highest BCUT2D eigenvalue weighted by Crippen LogP contribution is 2.43. The van der Waals surface area contributed by atoms with E-state index in [1.807, 2.05) is 96.1 Å². The number of fused-ring (bicyclic) bond motifs is 4. The molecule has 278 valence electrons. The van der Waals surface area contributed by atoms with Crippen LogP contribution in [0.3, 0.4) is 0 Å². The standard InChI is InChI=1S/C21H22N2O3S.C20H20N2O3S.2H2/c1-12-8-13(2)18-16(9-12)27-20(23-18)22-17(24)11-25-15-7-5-6-14-10-21(3,4)26-19(14)15;1-12-6-4-9-15-17(12)22-19(26-15)21-16(23)11-24-14-8-5-7-13-10-20(2,3)25-18(13)14;;/h5-9H,10-11H2,1-4H3,(H,22,23,24);4-9H,10-11H2,1-3H3,(H,21,22,23);2*1H. The summed E-state index contributed by atoms with van der Waals surface area (Å²) in [5.74, 6) is 2.20. The Morgan fingerprint density at radius 3 is 1.72 bits per heavy atom. The number of ether oxygens (including phenoxy) is 4. The minimum Gasteiger partial charge on any atom is -0.483 e. The minimum atomic E-state index is -0.249. The van der Waals surface area contributed by atoms with Crippen LogP contribution in [0.5, 0.6) is 23.0 Å². The molecule has 8 rings (SSSR count). The van der Waals surface area contributed by atoms with Crippen LogP contribution in [0.25, 0.3) is 20.4 Å². The normalized spacial score (nSPS) is 14.7. The number of thiazole rings is 2. The van der Waals surface area contributed by atoms with Gasteiger partial charge in [-0.25, -0.2) is 9.97 Å². The van der Waals surface area contributed by atoms with E-state index in [1.165, 1.54) is 28.2 Å². The Kier molecular flexibility index (Phi) is 9.77. The number of nitrogens with zero attached hydrogens (tertiary/aromatic N) is 2. The monoisotopic (exact) mass is 754 g/mol. The lowest BCUT2D eigenvalue weighted by Gasteiger charge is -2.18. The highest BCUT2D eigenvalue weighted by atomic mass is 32.1. The van der Waals surface area contributed by atoms with Gasteiger partial charge in [0.15, 0.2) is 46.5 Å². The van der Waals surface area contributed by atoms with E-state index in [9.17, 15) is 9.59 Å². The van der Waals surface area contributed by atoms with Gasteiger partial charge in [0.05, 0.1) is 20.4 Å². The molecular formula is C41H46N4O6S2. The van der Waals surface area contributed by atoms with E-state index in [2.05, 4.69) is 39.7 Å². The molecule has 0 saturated heterocycles. The second kappa shape index (κ2) is 14.3. The Labute approximate surface area is 319 Å². The molecular weight excluding hydrogens is 709 g/mol. The molecule has 6 aromatic rings. The summed E-state index contributed by atoms with van der Waals surface area (Å²) in [5, 5.41) is 6.82. The summed E-state index contributed by atoms with van der Waals surface area (Å²) in [6, 6.07) is 21.7. The average Bonchev–Trinajstić information content (AvgIpc) is 3.84. The topological polar surface area (TPSA) is 121 Å². The van der Waals surface area contributed by atoms with Gasteiger partial charge in [-0.1, -0.05) is 65.1 Å². The van der Waals surface area contributed by atoms with Gasteiger partial charge in [0.2, 0.25) is 0 Å². The molecule has 0 unspecified atom stereocenters. The largest absolute Gasteiger partial charge is 0.483 e. The fraction of sp³-hybridized carbons (Fsp3) is 0.317. The van der Waals surface area contributed by atoms with Crippen molar-refractivity contribution in [2.75, 3.05) is 23.8 Å². The quantitative estimate of drug-likeness (QED) is 0.158. The van der Waals surface area contributed by atoms with E-state index < -0.39 is 0 Å². The number of anilines is 2. The van der Waals surface area contributed by atoms with E-state index in [4.69, 9.17) is 18.9 Å². The number of carbonyl (C=O) groups is 2. The maximum absolute atomic E-state index is 12.3. The third kappa shape index (κ3) is 8.23. The van der Waals surface area contributed by atoms with Crippen LogP contribution < -0.4 is 29.6 Å². The van der Waals surface area contributed by atoms with Crippen LogP contribution in [0.2, 0.25) is 0 Å².